The van der Waals surface area contributed by atoms with Gasteiger partial charge >= 0.3 is 0 Å². The second-order valence-electron chi connectivity index (χ2n) is 11.5. The van der Waals surface area contributed by atoms with E-state index in [4.69, 9.17) is 9.72 Å². The second-order valence-corrected chi connectivity index (χ2v) is 11.5. The highest BCUT2D eigenvalue weighted by atomic mass is 16.5. The van der Waals surface area contributed by atoms with E-state index in [1.807, 2.05) is 30.3 Å². The van der Waals surface area contributed by atoms with Crippen molar-refractivity contribution in [2.24, 2.45) is 5.92 Å². The molecule has 1 aromatic heterocycles. The van der Waals surface area contributed by atoms with E-state index in [0.29, 0.717) is 23.8 Å². The summed E-state index contributed by atoms with van der Waals surface area (Å²) in [6.07, 6.45) is 3.84. The number of ether oxygens (including phenoxy) is 1. The zero-order valence-electron chi connectivity index (χ0n) is 20.3. The summed E-state index contributed by atoms with van der Waals surface area (Å²) >= 11 is 0. The molecule has 36 heavy (non-hydrogen) atoms. The smallest absolute Gasteiger partial charge is 0.221 e. The molecule has 4 atom stereocenters. The highest BCUT2D eigenvalue weighted by Gasteiger charge is 2.73. The molecule has 184 valence electrons. The monoisotopic (exact) mass is 483 g/mol. The number of nitrogens with one attached hydrogen (secondary N) is 1. The van der Waals surface area contributed by atoms with Crippen LogP contribution < -0.4 is 10.1 Å². The Morgan fingerprint density at radius 2 is 2.08 bits per heavy atom. The minimum Gasteiger partial charge on any atom is -0.504 e. The quantitative estimate of drug-likeness (QED) is 0.527. The predicted molar refractivity (Wildman–Crippen MR) is 134 cm³/mol. The lowest BCUT2D eigenvalue weighted by Gasteiger charge is -2.63. The molecule has 0 radical (unpaired) electrons. The first-order valence-electron chi connectivity index (χ1n) is 13.1. The van der Waals surface area contributed by atoms with E-state index in [-0.39, 0.29) is 17.7 Å². The van der Waals surface area contributed by atoms with Gasteiger partial charge in [-0.1, -0.05) is 24.3 Å². The molecular formula is C29H29N3O4. The average Bonchev–Trinajstić information content (AvgIpc) is 3.59. The third kappa shape index (κ3) is 2.45. The Labute approximate surface area is 209 Å². The van der Waals surface area contributed by atoms with Crippen molar-refractivity contribution >= 4 is 22.5 Å². The number of fused-ring (bicyclic) bond motifs is 3. The number of phenols is 1. The topological polar surface area (TPSA) is 94.9 Å². The summed E-state index contributed by atoms with van der Waals surface area (Å²) in [6.45, 7) is 3.41. The molecule has 3 heterocycles. The van der Waals surface area contributed by atoms with Crippen molar-refractivity contribution in [3.8, 4) is 11.5 Å². The molecule has 5 aliphatic rings. The number of carbonyl (C=O) groups is 1. The third-order valence-electron chi connectivity index (χ3n) is 9.53. The van der Waals surface area contributed by atoms with E-state index in [2.05, 4.69) is 10.2 Å². The maximum atomic E-state index is 12.9. The van der Waals surface area contributed by atoms with E-state index >= 15 is 0 Å². The van der Waals surface area contributed by atoms with Crippen LogP contribution in [-0.4, -0.2) is 50.7 Å². The number of para-hydroxylation sites is 1. The van der Waals surface area contributed by atoms with Gasteiger partial charge in [-0.3, -0.25) is 9.69 Å². The Balaban J connectivity index is 1.42. The van der Waals surface area contributed by atoms with Gasteiger partial charge in [0.2, 0.25) is 5.91 Å². The summed E-state index contributed by atoms with van der Waals surface area (Å²) in [5, 5.41) is 27.7. The molecule has 7 heteroatoms. The first-order chi connectivity index (χ1) is 17.4. The summed E-state index contributed by atoms with van der Waals surface area (Å²) in [7, 11) is 0. The van der Waals surface area contributed by atoms with Crippen LogP contribution in [0.1, 0.15) is 54.7 Å². The van der Waals surface area contributed by atoms with Crippen LogP contribution in [0.2, 0.25) is 0 Å². The van der Waals surface area contributed by atoms with Gasteiger partial charge in [0.25, 0.3) is 0 Å². The Bertz CT molecular complexity index is 1480. The normalized spacial score (nSPS) is 31.5. The molecule has 8 rings (SSSR count). The second kappa shape index (κ2) is 6.78. The molecule has 1 amide bonds. The highest BCUT2D eigenvalue weighted by molar-refractivity contribution is 6.02. The Morgan fingerprint density at radius 3 is 2.89 bits per heavy atom. The molecule has 2 aliphatic heterocycles. The van der Waals surface area contributed by atoms with E-state index in [1.165, 1.54) is 19.8 Å². The molecule has 1 saturated carbocycles. The van der Waals surface area contributed by atoms with Crippen LogP contribution in [0.4, 0.5) is 5.69 Å². The van der Waals surface area contributed by atoms with E-state index in [9.17, 15) is 15.0 Å². The van der Waals surface area contributed by atoms with Gasteiger partial charge < -0.3 is 20.3 Å². The minimum atomic E-state index is -1.11. The summed E-state index contributed by atoms with van der Waals surface area (Å²) in [5.41, 5.74) is 3.44. The summed E-state index contributed by atoms with van der Waals surface area (Å²) in [6, 6.07) is 11.5. The number of anilines is 1. The van der Waals surface area contributed by atoms with Crippen LogP contribution in [-0.2, 0) is 23.1 Å². The van der Waals surface area contributed by atoms with Crippen LogP contribution in [0.3, 0.4) is 0 Å². The van der Waals surface area contributed by atoms with Crippen molar-refractivity contribution in [1.82, 2.24) is 9.88 Å². The number of amides is 1. The van der Waals surface area contributed by atoms with Crippen LogP contribution in [0.5, 0.6) is 11.5 Å². The fourth-order valence-corrected chi connectivity index (χ4v) is 7.91. The van der Waals surface area contributed by atoms with Gasteiger partial charge in [0, 0.05) is 42.4 Å². The number of carbonyl (C=O) groups excluding carboxylic acids is 1. The number of aromatic nitrogens is 1. The van der Waals surface area contributed by atoms with Crippen molar-refractivity contribution in [1.29, 1.82) is 0 Å². The van der Waals surface area contributed by atoms with Gasteiger partial charge in [-0.25, -0.2) is 4.98 Å². The first-order valence-corrected chi connectivity index (χ1v) is 13.1. The van der Waals surface area contributed by atoms with Gasteiger partial charge in [-0.05, 0) is 55.8 Å². The molecule has 2 aromatic carbocycles. The van der Waals surface area contributed by atoms with Gasteiger partial charge in [0.05, 0.1) is 27.9 Å². The van der Waals surface area contributed by atoms with Gasteiger partial charge in [-0.15, -0.1) is 0 Å². The largest absolute Gasteiger partial charge is 0.504 e. The zero-order chi connectivity index (χ0) is 24.4. The fraction of sp³-hybridized carbons (Fsp3) is 0.448. The first kappa shape index (κ1) is 21.0. The number of aliphatic hydroxyl groups is 1. The summed E-state index contributed by atoms with van der Waals surface area (Å²) in [4.78, 5) is 19.9. The number of nitrogens with zero attached hydrogens (tertiary/aromatic N) is 2. The maximum absolute atomic E-state index is 12.9. The molecule has 2 fully saturated rings. The van der Waals surface area contributed by atoms with Crippen molar-refractivity contribution < 1.29 is 19.7 Å². The molecule has 3 aliphatic carbocycles. The number of aromatic hydroxyl groups is 1. The third-order valence-corrected chi connectivity index (χ3v) is 9.53. The van der Waals surface area contributed by atoms with Crippen LogP contribution in [0.15, 0.2) is 36.4 Å². The Morgan fingerprint density at radius 1 is 1.25 bits per heavy atom. The fourth-order valence-electron chi connectivity index (χ4n) is 7.91. The number of rotatable bonds is 3. The lowest BCUT2D eigenvalue weighted by molar-refractivity contribution is -0.173. The molecular weight excluding hydrogens is 454 g/mol. The number of hydrogen-bond acceptors (Lipinski definition) is 6. The molecule has 7 nitrogen and oxygen atoms in total. The zero-order valence-corrected chi connectivity index (χ0v) is 20.3. The molecule has 3 aromatic rings. The lowest BCUT2D eigenvalue weighted by Crippen LogP contribution is -2.74. The highest BCUT2D eigenvalue weighted by Crippen LogP contribution is 2.69. The van der Waals surface area contributed by atoms with Gasteiger partial charge in [-0.2, -0.15) is 0 Å². The van der Waals surface area contributed by atoms with E-state index < -0.39 is 17.1 Å². The maximum Gasteiger partial charge on any atom is 0.221 e. The number of piperidine rings is 1. The average molecular weight is 484 g/mol. The van der Waals surface area contributed by atoms with Crippen molar-refractivity contribution in [3.05, 3.63) is 58.8 Å². The van der Waals surface area contributed by atoms with Crippen LogP contribution >= 0.6 is 0 Å². The van der Waals surface area contributed by atoms with Crippen molar-refractivity contribution in [2.75, 3.05) is 18.4 Å². The molecule has 1 spiro atoms. The lowest BCUT2D eigenvalue weighted by atomic mass is 9.48. The number of likely N-dealkylation sites (tertiary alicyclic amines) is 1. The van der Waals surface area contributed by atoms with Gasteiger partial charge in [0.15, 0.2) is 17.6 Å². The number of pyridine rings is 1. The number of benzene rings is 2. The minimum absolute atomic E-state index is 0.0641. The Kier molecular flexibility index (Phi) is 3.95. The van der Waals surface area contributed by atoms with Crippen LogP contribution in [0, 0.1) is 5.92 Å². The summed E-state index contributed by atoms with van der Waals surface area (Å²) in [5.74, 6) is 1.17. The van der Waals surface area contributed by atoms with Crippen LogP contribution in [0.25, 0.3) is 10.9 Å². The van der Waals surface area contributed by atoms with Gasteiger partial charge in [0.1, 0.15) is 0 Å². The van der Waals surface area contributed by atoms with E-state index in [1.54, 1.807) is 6.07 Å². The number of hydrogen-bond donors (Lipinski definition) is 3. The number of phenolic OH excluding ortho intramolecular Hbond substituents is 1. The van der Waals surface area contributed by atoms with Crippen molar-refractivity contribution in [2.45, 2.75) is 62.2 Å². The molecule has 2 bridgehead atoms. The Hall–Kier alpha value is -3.16. The standard InChI is InChI=1S/C29H29N3O4/c1-15(33)30-24-18-4-2-3-5-20(18)31-25-19(24)13-29(35)22-12-17-8-9-21(34)26-23(17)28(29,27(25)36-26)10-11-32(22)14-16-6-7-16/h2-5,8-9,16,22,27,34-35H,6-7,10-14H2,1H3,(H,30,31,33)/t22-,27+,28+,29-/m1/s1. The molecule has 1 saturated heterocycles. The molecule has 3 N–H and O–H groups in total. The predicted octanol–water partition coefficient (Wildman–Crippen LogP) is 3.60. The van der Waals surface area contributed by atoms with E-state index in [0.717, 1.165) is 59.2 Å². The SMILES string of the molecule is CC(=O)Nc1c2c(nc3ccccc13)[C@@H]1Oc3c(O)ccc4c3[C@@]13CCN(CC1CC1)[C@H](C4)[C@]3(O)C2. The molecule has 0 unspecified atom stereocenters. The summed E-state index contributed by atoms with van der Waals surface area (Å²) < 4.78 is 6.63. The van der Waals surface area contributed by atoms with Crippen molar-refractivity contribution in [3.63, 3.8) is 0 Å².